The van der Waals surface area contributed by atoms with Gasteiger partial charge in [-0.25, -0.2) is 4.98 Å². The third-order valence-electron chi connectivity index (χ3n) is 3.24. The van der Waals surface area contributed by atoms with Crippen molar-refractivity contribution in [2.75, 3.05) is 10.6 Å². The summed E-state index contributed by atoms with van der Waals surface area (Å²) >= 11 is 4.55. The highest BCUT2D eigenvalue weighted by molar-refractivity contribution is 9.10. The normalized spacial score (nSPS) is 10.5. The molecular formula is C17H14BrN3O3S. The molecule has 0 fully saturated rings. The van der Waals surface area contributed by atoms with Crippen LogP contribution in [0.25, 0.3) is 0 Å². The molecular weight excluding hydrogens is 406 g/mol. The zero-order valence-corrected chi connectivity index (χ0v) is 15.6. The van der Waals surface area contributed by atoms with Crippen LogP contribution in [0.2, 0.25) is 0 Å². The number of hydrogen-bond acceptors (Lipinski definition) is 5. The Morgan fingerprint density at radius 1 is 1.16 bits per heavy atom. The van der Waals surface area contributed by atoms with E-state index < -0.39 is 0 Å². The smallest absolute Gasteiger partial charge is 0.291 e. The molecule has 0 aliphatic heterocycles. The van der Waals surface area contributed by atoms with Gasteiger partial charge in [-0.1, -0.05) is 12.1 Å². The Bertz CT molecular complexity index is 902. The number of rotatable bonds is 5. The van der Waals surface area contributed by atoms with Crippen molar-refractivity contribution in [1.29, 1.82) is 0 Å². The molecule has 2 amide bonds. The fraction of sp³-hybridized carbons (Fsp3) is 0.118. The molecule has 0 saturated carbocycles. The first-order valence-electron chi connectivity index (χ1n) is 7.37. The number of furan rings is 1. The highest BCUT2D eigenvalue weighted by Crippen LogP contribution is 2.17. The zero-order chi connectivity index (χ0) is 17.8. The number of carbonyl (C=O) groups is 2. The minimum atomic E-state index is -0.338. The van der Waals surface area contributed by atoms with E-state index >= 15 is 0 Å². The van der Waals surface area contributed by atoms with Crippen LogP contribution in [0.3, 0.4) is 0 Å². The van der Waals surface area contributed by atoms with Gasteiger partial charge >= 0.3 is 0 Å². The van der Waals surface area contributed by atoms with Gasteiger partial charge in [0.2, 0.25) is 5.91 Å². The monoisotopic (exact) mass is 419 g/mol. The number of carbonyl (C=O) groups excluding carboxylic acids is 2. The number of benzene rings is 1. The van der Waals surface area contributed by atoms with Crippen molar-refractivity contribution in [1.82, 2.24) is 4.98 Å². The number of anilines is 2. The van der Waals surface area contributed by atoms with Crippen molar-refractivity contribution in [3.63, 3.8) is 0 Å². The molecule has 0 bridgehead atoms. The van der Waals surface area contributed by atoms with E-state index in [4.69, 9.17) is 4.42 Å². The highest BCUT2D eigenvalue weighted by atomic mass is 79.9. The summed E-state index contributed by atoms with van der Waals surface area (Å²) in [7, 11) is 0. The second-order valence-electron chi connectivity index (χ2n) is 5.27. The van der Waals surface area contributed by atoms with Crippen LogP contribution in [0.1, 0.15) is 21.8 Å². The average Bonchev–Trinajstić information content (AvgIpc) is 3.18. The van der Waals surface area contributed by atoms with Crippen molar-refractivity contribution < 1.29 is 14.0 Å². The number of hydrogen-bond donors (Lipinski definition) is 2. The van der Waals surface area contributed by atoms with Crippen LogP contribution in [-0.2, 0) is 11.2 Å². The number of amides is 2. The largest absolute Gasteiger partial charge is 0.444 e. The van der Waals surface area contributed by atoms with Crippen molar-refractivity contribution in [2.24, 2.45) is 0 Å². The molecule has 25 heavy (non-hydrogen) atoms. The first-order valence-corrected chi connectivity index (χ1v) is 9.04. The van der Waals surface area contributed by atoms with Crippen LogP contribution in [-0.4, -0.2) is 16.8 Å². The molecule has 0 aliphatic carbocycles. The number of nitrogens with one attached hydrogen (secondary N) is 2. The Labute approximate surface area is 156 Å². The van der Waals surface area contributed by atoms with Gasteiger partial charge in [-0.05, 0) is 52.7 Å². The Kier molecular flexibility index (Phi) is 5.30. The minimum Gasteiger partial charge on any atom is -0.444 e. The molecule has 0 aliphatic rings. The maximum Gasteiger partial charge on any atom is 0.291 e. The molecule has 1 aromatic carbocycles. The fourth-order valence-electron chi connectivity index (χ4n) is 2.10. The van der Waals surface area contributed by atoms with Gasteiger partial charge in [-0.3, -0.25) is 9.59 Å². The van der Waals surface area contributed by atoms with Gasteiger partial charge in [0, 0.05) is 11.1 Å². The van der Waals surface area contributed by atoms with Gasteiger partial charge < -0.3 is 15.1 Å². The highest BCUT2D eigenvalue weighted by Gasteiger charge is 2.11. The molecule has 3 rings (SSSR count). The second-order valence-corrected chi connectivity index (χ2v) is 6.91. The summed E-state index contributed by atoms with van der Waals surface area (Å²) in [6.45, 7) is 1.88. The van der Waals surface area contributed by atoms with E-state index in [1.807, 2.05) is 12.3 Å². The van der Waals surface area contributed by atoms with Gasteiger partial charge in [-0.15, -0.1) is 11.3 Å². The Balaban J connectivity index is 1.56. The van der Waals surface area contributed by atoms with Gasteiger partial charge in [0.05, 0.1) is 12.1 Å². The molecule has 2 heterocycles. The third kappa shape index (κ3) is 4.77. The first kappa shape index (κ1) is 17.4. The van der Waals surface area contributed by atoms with Crippen LogP contribution in [0.4, 0.5) is 10.8 Å². The SMILES string of the molecule is Cc1csc(NC(=O)Cc2ccc(NC(=O)c3ccc(Br)o3)cc2)n1. The molecule has 0 spiro atoms. The van der Waals surface area contributed by atoms with Gasteiger partial charge in [0.25, 0.3) is 5.91 Å². The summed E-state index contributed by atoms with van der Waals surface area (Å²) in [5.74, 6) is -0.254. The Morgan fingerprint density at radius 2 is 1.92 bits per heavy atom. The number of aryl methyl sites for hydroxylation is 1. The molecule has 0 radical (unpaired) electrons. The molecule has 0 saturated heterocycles. The topological polar surface area (TPSA) is 84.2 Å². The molecule has 3 aromatic rings. The van der Waals surface area contributed by atoms with E-state index in [-0.39, 0.29) is 24.0 Å². The lowest BCUT2D eigenvalue weighted by Gasteiger charge is -2.05. The quantitative estimate of drug-likeness (QED) is 0.647. The van der Waals surface area contributed by atoms with Crippen LogP contribution in [0, 0.1) is 6.92 Å². The molecule has 0 unspecified atom stereocenters. The van der Waals surface area contributed by atoms with E-state index in [1.54, 1.807) is 36.4 Å². The molecule has 0 atom stereocenters. The van der Waals surface area contributed by atoms with Gasteiger partial charge in [-0.2, -0.15) is 0 Å². The summed E-state index contributed by atoms with van der Waals surface area (Å²) in [6, 6.07) is 10.3. The second kappa shape index (κ2) is 7.62. The molecule has 6 nitrogen and oxygen atoms in total. The third-order valence-corrected chi connectivity index (χ3v) is 4.54. The Morgan fingerprint density at radius 3 is 2.52 bits per heavy atom. The van der Waals surface area contributed by atoms with Crippen molar-refractivity contribution in [3.8, 4) is 0 Å². The number of halogens is 1. The zero-order valence-electron chi connectivity index (χ0n) is 13.2. The van der Waals surface area contributed by atoms with Crippen LogP contribution >= 0.6 is 27.3 Å². The molecule has 2 aromatic heterocycles. The van der Waals surface area contributed by atoms with Crippen molar-refractivity contribution in [2.45, 2.75) is 13.3 Å². The van der Waals surface area contributed by atoms with Crippen LogP contribution in [0.5, 0.6) is 0 Å². The van der Waals surface area contributed by atoms with E-state index in [1.165, 1.54) is 11.3 Å². The summed E-state index contributed by atoms with van der Waals surface area (Å²) in [5, 5.41) is 7.97. The lowest BCUT2D eigenvalue weighted by molar-refractivity contribution is -0.115. The minimum absolute atomic E-state index is 0.133. The molecule has 128 valence electrons. The summed E-state index contributed by atoms with van der Waals surface area (Å²) < 4.78 is 5.69. The predicted octanol–water partition coefficient (Wildman–Crippen LogP) is 4.24. The summed E-state index contributed by atoms with van der Waals surface area (Å²) in [5.41, 5.74) is 2.34. The standard InChI is InChI=1S/C17H14BrN3O3S/c1-10-9-25-17(19-10)21-15(22)8-11-2-4-12(5-3-11)20-16(23)13-6-7-14(18)24-13/h2-7,9H,8H2,1H3,(H,20,23)(H,19,21,22). The van der Waals surface area contributed by atoms with E-state index in [0.29, 0.717) is 15.5 Å². The maximum absolute atomic E-state index is 12.0. The Hall–Kier alpha value is -2.45. The maximum atomic E-state index is 12.0. The number of nitrogens with zero attached hydrogens (tertiary/aromatic N) is 1. The molecule has 2 N–H and O–H groups in total. The van der Waals surface area contributed by atoms with Crippen LogP contribution < -0.4 is 10.6 Å². The first-order chi connectivity index (χ1) is 12.0. The van der Waals surface area contributed by atoms with E-state index in [2.05, 4.69) is 31.5 Å². The number of aromatic nitrogens is 1. The molecule has 8 heteroatoms. The van der Waals surface area contributed by atoms with E-state index in [9.17, 15) is 9.59 Å². The predicted molar refractivity (Wildman–Crippen MR) is 100.0 cm³/mol. The lowest BCUT2D eigenvalue weighted by Crippen LogP contribution is -2.14. The number of thiazole rings is 1. The van der Waals surface area contributed by atoms with E-state index in [0.717, 1.165) is 11.3 Å². The van der Waals surface area contributed by atoms with Crippen molar-refractivity contribution >= 4 is 49.9 Å². The lowest BCUT2D eigenvalue weighted by atomic mass is 10.1. The average molecular weight is 420 g/mol. The fourth-order valence-corrected chi connectivity index (χ4v) is 3.11. The van der Waals surface area contributed by atoms with Crippen LogP contribution in [0.15, 0.2) is 50.9 Å². The summed E-state index contributed by atoms with van der Waals surface area (Å²) in [4.78, 5) is 28.2. The van der Waals surface area contributed by atoms with Gasteiger partial charge in [0.15, 0.2) is 15.6 Å². The summed E-state index contributed by atoms with van der Waals surface area (Å²) in [6.07, 6.45) is 0.234. The van der Waals surface area contributed by atoms with Crippen molar-refractivity contribution in [3.05, 3.63) is 63.5 Å². The van der Waals surface area contributed by atoms with Gasteiger partial charge in [0.1, 0.15) is 0 Å².